The van der Waals surface area contributed by atoms with Crippen LogP contribution >= 0.6 is 0 Å². The van der Waals surface area contributed by atoms with E-state index < -0.39 is 6.09 Å². The normalized spacial score (nSPS) is 14.2. The Morgan fingerprint density at radius 3 is 2.69 bits per heavy atom. The van der Waals surface area contributed by atoms with E-state index in [4.69, 9.17) is 9.47 Å². The van der Waals surface area contributed by atoms with Crippen LogP contribution in [0, 0.1) is 6.92 Å². The highest BCUT2D eigenvalue weighted by Crippen LogP contribution is 2.33. The van der Waals surface area contributed by atoms with Crippen LogP contribution < -0.4 is 10.9 Å². The average Bonchev–Trinajstić information content (AvgIpc) is 3.29. The molecular weight excluding hydrogens is 460 g/mol. The largest absolute Gasteiger partial charge is 0.450 e. The van der Waals surface area contributed by atoms with Crippen molar-refractivity contribution in [1.82, 2.24) is 24.4 Å². The van der Waals surface area contributed by atoms with E-state index >= 15 is 0 Å². The van der Waals surface area contributed by atoms with Crippen LogP contribution in [0.3, 0.4) is 0 Å². The number of hydrogen-bond donors (Lipinski definition) is 2. The van der Waals surface area contributed by atoms with Crippen molar-refractivity contribution in [2.24, 2.45) is 0 Å². The van der Waals surface area contributed by atoms with Crippen molar-refractivity contribution in [2.75, 3.05) is 38.2 Å². The molecule has 1 fully saturated rings. The van der Waals surface area contributed by atoms with E-state index in [1.54, 1.807) is 23.8 Å². The molecule has 186 valence electrons. The van der Waals surface area contributed by atoms with E-state index in [-0.39, 0.29) is 18.1 Å². The average molecular weight is 489 g/mol. The number of rotatable bonds is 6. The topological polar surface area (TPSA) is 114 Å². The van der Waals surface area contributed by atoms with Crippen molar-refractivity contribution in [3.05, 3.63) is 64.7 Å². The maximum Gasteiger partial charge on any atom is 0.413 e. The van der Waals surface area contributed by atoms with Gasteiger partial charge in [0.25, 0.3) is 5.56 Å². The fourth-order valence-electron chi connectivity index (χ4n) is 4.35. The number of aromatic amines is 1. The summed E-state index contributed by atoms with van der Waals surface area (Å²) in [7, 11) is 0. The van der Waals surface area contributed by atoms with Crippen molar-refractivity contribution >= 4 is 23.1 Å². The third-order valence-corrected chi connectivity index (χ3v) is 6.14. The molecule has 4 heterocycles. The second-order valence-electron chi connectivity index (χ2n) is 8.59. The minimum Gasteiger partial charge on any atom is -0.450 e. The van der Waals surface area contributed by atoms with Crippen molar-refractivity contribution in [2.45, 2.75) is 20.5 Å². The summed E-state index contributed by atoms with van der Waals surface area (Å²) in [5.74, 6) is 0.273. The number of nitrogens with zero attached hydrogens (tertiary/aromatic N) is 4. The molecule has 0 atom stereocenters. The number of aryl methyl sites for hydroxylation is 1. The second-order valence-corrected chi connectivity index (χ2v) is 8.59. The molecule has 10 nitrogen and oxygen atoms in total. The van der Waals surface area contributed by atoms with Crippen LogP contribution in [0.15, 0.2) is 53.5 Å². The molecule has 1 saturated heterocycles. The van der Waals surface area contributed by atoms with Crippen LogP contribution in [-0.4, -0.2) is 63.4 Å². The van der Waals surface area contributed by atoms with Gasteiger partial charge in [0.05, 0.1) is 43.2 Å². The van der Waals surface area contributed by atoms with E-state index in [9.17, 15) is 9.59 Å². The molecule has 0 saturated carbocycles. The van der Waals surface area contributed by atoms with Crippen molar-refractivity contribution in [3.63, 3.8) is 0 Å². The van der Waals surface area contributed by atoms with Crippen molar-refractivity contribution in [1.29, 1.82) is 0 Å². The number of hydrogen-bond acceptors (Lipinski definition) is 7. The first kappa shape index (κ1) is 23.7. The predicted molar refractivity (Wildman–Crippen MR) is 137 cm³/mol. The molecule has 0 bridgehead atoms. The Balaban J connectivity index is 1.56. The van der Waals surface area contributed by atoms with Crippen LogP contribution in [0.1, 0.15) is 12.6 Å². The van der Waals surface area contributed by atoms with E-state index in [0.717, 1.165) is 46.7 Å². The number of carbonyl (C=O) groups excluding carboxylic acids is 1. The molecule has 1 aliphatic heterocycles. The molecular formula is C26H28N6O4. The molecule has 36 heavy (non-hydrogen) atoms. The molecule has 4 aromatic rings. The molecule has 3 aromatic heterocycles. The highest BCUT2D eigenvalue weighted by Gasteiger charge is 2.17. The van der Waals surface area contributed by atoms with Crippen molar-refractivity contribution < 1.29 is 14.3 Å². The van der Waals surface area contributed by atoms with Gasteiger partial charge >= 0.3 is 6.09 Å². The van der Waals surface area contributed by atoms with Crippen LogP contribution in [0.5, 0.6) is 0 Å². The van der Waals surface area contributed by atoms with Gasteiger partial charge in [0.1, 0.15) is 0 Å². The molecule has 5 rings (SSSR count). The zero-order valence-corrected chi connectivity index (χ0v) is 20.3. The Hall–Kier alpha value is -4.02. The number of imidazole rings is 1. The Bertz CT molecular complexity index is 1440. The van der Waals surface area contributed by atoms with E-state index in [0.29, 0.717) is 25.4 Å². The van der Waals surface area contributed by atoms with Gasteiger partial charge < -0.3 is 14.5 Å². The number of anilines is 1. The molecule has 1 aromatic carbocycles. The van der Waals surface area contributed by atoms with Gasteiger partial charge in [0.2, 0.25) is 5.95 Å². The number of aromatic nitrogens is 4. The summed E-state index contributed by atoms with van der Waals surface area (Å²) in [4.78, 5) is 39.5. The van der Waals surface area contributed by atoms with Crippen LogP contribution in [0.25, 0.3) is 33.4 Å². The van der Waals surface area contributed by atoms with E-state index in [1.165, 1.54) is 0 Å². The van der Waals surface area contributed by atoms with Gasteiger partial charge in [-0.15, -0.1) is 0 Å². The molecule has 0 unspecified atom stereocenters. The molecule has 2 N–H and O–H groups in total. The lowest BCUT2D eigenvalue weighted by Gasteiger charge is -2.28. The number of H-pyrrole nitrogens is 1. The fourth-order valence-corrected chi connectivity index (χ4v) is 4.35. The van der Waals surface area contributed by atoms with E-state index in [2.05, 4.69) is 25.2 Å². The molecule has 0 aliphatic carbocycles. The van der Waals surface area contributed by atoms with Crippen LogP contribution in [0.2, 0.25) is 0 Å². The zero-order valence-electron chi connectivity index (χ0n) is 20.3. The van der Waals surface area contributed by atoms with Crippen LogP contribution in [-0.2, 0) is 16.1 Å². The summed E-state index contributed by atoms with van der Waals surface area (Å²) >= 11 is 0. The first-order valence-electron chi connectivity index (χ1n) is 11.9. The van der Waals surface area contributed by atoms with Crippen LogP contribution in [0.4, 0.5) is 10.7 Å². The van der Waals surface area contributed by atoms with Gasteiger partial charge in [-0.25, -0.2) is 9.78 Å². The lowest BCUT2D eigenvalue weighted by atomic mass is 10.00. The Morgan fingerprint density at radius 2 is 1.97 bits per heavy atom. The van der Waals surface area contributed by atoms with Gasteiger partial charge in [-0.3, -0.25) is 24.6 Å². The fraction of sp³-hybridized carbons (Fsp3) is 0.308. The Kier molecular flexibility index (Phi) is 6.79. The Labute approximate surface area is 207 Å². The smallest absolute Gasteiger partial charge is 0.413 e. The van der Waals surface area contributed by atoms with Gasteiger partial charge in [-0.2, -0.15) is 0 Å². The van der Waals surface area contributed by atoms with E-state index in [1.807, 2.05) is 43.3 Å². The number of benzene rings is 1. The second kappa shape index (κ2) is 10.3. The third kappa shape index (κ3) is 5.00. The summed E-state index contributed by atoms with van der Waals surface area (Å²) in [6, 6.07) is 13.2. The minimum atomic E-state index is -0.587. The highest BCUT2D eigenvalue weighted by atomic mass is 16.5. The molecule has 1 aliphatic rings. The standard InChI is InChI=1S/C26H28N6O4/c1-3-36-26(34)30-25-28-22-14-19(13-20(24(22)29-25)21-6-4-5-7-27-21)18-12-17(2)32(23(33)15-18)16-31-8-10-35-11-9-31/h4-7,12-15H,3,8-11,16H2,1-2H3,(H2,28,29,30,34). The number of morpholine rings is 1. The summed E-state index contributed by atoms with van der Waals surface area (Å²) in [5, 5.41) is 2.62. The number of amides is 1. The SMILES string of the molecule is CCOC(=O)Nc1nc2cc(-c3cc(C)n(CN4CCOCC4)c(=O)c3)cc(-c3ccccn3)c2[nH]1. The summed E-state index contributed by atoms with van der Waals surface area (Å²) in [5.41, 5.74) is 5.33. The predicted octanol–water partition coefficient (Wildman–Crippen LogP) is 3.62. The number of fused-ring (bicyclic) bond motifs is 1. The monoisotopic (exact) mass is 488 g/mol. The Morgan fingerprint density at radius 1 is 1.17 bits per heavy atom. The summed E-state index contributed by atoms with van der Waals surface area (Å²) < 4.78 is 12.2. The molecule has 10 heteroatoms. The first-order chi connectivity index (χ1) is 17.5. The maximum absolute atomic E-state index is 13.1. The maximum atomic E-state index is 13.1. The number of carbonyl (C=O) groups is 1. The van der Waals surface area contributed by atoms with Gasteiger partial charge in [0, 0.05) is 36.6 Å². The van der Waals surface area contributed by atoms with Gasteiger partial charge in [0.15, 0.2) is 0 Å². The highest BCUT2D eigenvalue weighted by molar-refractivity contribution is 5.97. The quantitative estimate of drug-likeness (QED) is 0.426. The lowest BCUT2D eigenvalue weighted by molar-refractivity contribution is 0.0225. The number of nitrogens with one attached hydrogen (secondary N) is 2. The molecule has 1 amide bonds. The minimum absolute atomic E-state index is 0.0670. The summed E-state index contributed by atoms with van der Waals surface area (Å²) in [6.07, 6.45) is 1.13. The number of ether oxygens (including phenoxy) is 2. The zero-order chi connectivity index (χ0) is 25.1. The summed E-state index contributed by atoms with van der Waals surface area (Å²) in [6.45, 7) is 7.44. The third-order valence-electron chi connectivity index (χ3n) is 6.14. The lowest BCUT2D eigenvalue weighted by Crippen LogP contribution is -2.40. The first-order valence-corrected chi connectivity index (χ1v) is 11.9. The number of pyridine rings is 2. The molecule has 0 spiro atoms. The van der Waals surface area contributed by atoms with Gasteiger partial charge in [-0.1, -0.05) is 6.07 Å². The van der Waals surface area contributed by atoms with Crippen molar-refractivity contribution in [3.8, 4) is 22.4 Å². The molecule has 0 radical (unpaired) electrons. The van der Waals surface area contributed by atoms with Gasteiger partial charge in [-0.05, 0) is 55.3 Å².